The van der Waals surface area contributed by atoms with Crippen molar-refractivity contribution in [1.29, 1.82) is 0 Å². The van der Waals surface area contributed by atoms with Crippen LogP contribution in [0.4, 0.5) is 15.9 Å². The second-order valence-electron chi connectivity index (χ2n) is 3.63. The summed E-state index contributed by atoms with van der Waals surface area (Å²) in [4.78, 5) is 15.8. The molecule has 0 saturated carbocycles. The van der Waals surface area contributed by atoms with Gasteiger partial charge < -0.3 is 11.1 Å². The lowest BCUT2D eigenvalue weighted by Crippen LogP contribution is -2.15. The summed E-state index contributed by atoms with van der Waals surface area (Å²) in [6, 6.07) is 5.43. The van der Waals surface area contributed by atoms with Gasteiger partial charge in [-0.3, -0.25) is 4.79 Å². The zero-order valence-corrected chi connectivity index (χ0v) is 11.8. The van der Waals surface area contributed by atoms with E-state index in [0.717, 1.165) is 6.07 Å². The third-order valence-electron chi connectivity index (χ3n) is 2.33. The number of halogens is 3. The Kier molecular flexibility index (Phi) is 4.01. The molecule has 0 radical (unpaired) electrons. The highest BCUT2D eigenvalue weighted by Crippen LogP contribution is 2.32. The molecular weight excluding hydrogens is 337 g/mol. The Morgan fingerprint density at radius 3 is 2.84 bits per heavy atom. The minimum absolute atomic E-state index is 0.0858. The lowest BCUT2D eigenvalue weighted by molar-refractivity contribution is 0.102. The first-order chi connectivity index (χ1) is 8.99. The molecule has 4 nitrogen and oxygen atoms in total. The van der Waals surface area contributed by atoms with Gasteiger partial charge in [0, 0.05) is 10.7 Å². The van der Waals surface area contributed by atoms with Crippen molar-refractivity contribution < 1.29 is 9.18 Å². The highest BCUT2D eigenvalue weighted by Gasteiger charge is 2.15. The van der Waals surface area contributed by atoms with E-state index in [4.69, 9.17) is 17.3 Å². The predicted octanol–water partition coefficient (Wildman–Crippen LogP) is 3.47. The number of nitrogens with one attached hydrogen (secondary N) is 1. The zero-order chi connectivity index (χ0) is 14.0. The quantitative estimate of drug-likeness (QED) is 0.876. The third-order valence-corrected chi connectivity index (χ3v) is 3.25. The van der Waals surface area contributed by atoms with Gasteiger partial charge in [-0.15, -0.1) is 0 Å². The molecule has 2 rings (SSSR count). The van der Waals surface area contributed by atoms with Gasteiger partial charge in [0.2, 0.25) is 0 Å². The number of anilines is 2. The lowest BCUT2D eigenvalue weighted by Gasteiger charge is -2.10. The summed E-state index contributed by atoms with van der Waals surface area (Å²) in [7, 11) is 0. The first-order valence-electron chi connectivity index (χ1n) is 5.15. The number of nitrogens with zero attached hydrogens (tertiary/aromatic N) is 1. The number of nitrogen functional groups attached to an aromatic ring is 1. The van der Waals surface area contributed by atoms with E-state index >= 15 is 0 Å². The molecule has 0 aliphatic heterocycles. The molecule has 3 N–H and O–H groups in total. The van der Waals surface area contributed by atoms with Crippen molar-refractivity contribution in [3.8, 4) is 0 Å². The number of hydrogen-bond acceptors (Lipinski definition) is 3. The van der Waals surface area contributed by atoms with Crippen LogP contribution in [0, 0.1) is 5.82 Å². The molecule has 0 fully saturated rings. The zero-order valence-electron chi connectivity index (χ0n) is 9.45. The van der Waals surface area contributed by atoms with E-state index in [0.29, 0.717) is 4.47 Å². The summed E-state index contributed by atoms with van der Waals surface area (Å²) in [5, 5.41) is 2.64. The number of amides is 1. The van der Waals surface area contributed by atoms with Crippen molar-refractivity contribution in [2.45, 2.75) is 0 Å². The summed E-state index contributed by atoms with van der Waals surface area (Å²) in [5.74, 6) is -0.870. The maximum absolute atomic E-state index is 13.1. The number of rotatable bonds is 2. The molecule has 0 aliphatic rings. The summed E-state index contributed by atoms with van der Waals surface area (Å²) in [6.45, 7) is 0. The Morgan fingerprint density at radius 1 is 1.47 bits per heavy atom. The third kappa shape index (κ3) is 3.02. The van der Waals surface area contributed by atoms with Gasteiger partial charge in [0.15, 0.2) is 0 Å². The molecule has 0 saturated heterocycles. The van der Waals surface area contributed by atoms with Crippen LogP contribution in [-0.2, 0) is 0 Å². The van der Waals surface area contributed by atoms with Crippen molar-refractivity contribution in [2.24, 2.45) is 0 Å². The van der Waals surface area contributed by atoms with E-state index in [2.05, 4.69) is 26.2 Å². The number of carbonyl (C=O) groups excluding carboxylic acids is 1. The molecule has 1 amide bonds. The fourth-order valence-electron chi connectivity index (χ4n) is 1.45. The van der Waals surface area contributed by atoms with E-state index < -0.39 is 11.7 Å². The number of pyridine rings is 1. The maximum Gasteiger partial charge on any atom is 0.259 e. The molecule has 0 unspecified atom stereocenters. The van der Waals surface area contributed by atoms with Crippen LogP contribution in [0.2, 0.25) is 5.02 Å². The molecule has 1 heterocycles. The summed E-state index contributed by atoms with van der Waals surface area (Å²) >= 11 is 9.01. The first-order valence-corrected chi connectivity index (χ1v) is 6.32. The molecule has 1 aromatic carbocycles. The Balaban J connectivity index is 2.32. The number of hydrogen-bond donors (Lipinski definition) is 2. The normalized spacial score (nSPS) is 10.3. The standard InChI is InChI=1S/C12H8BrClFN3O/c13-8-4-6(15)5-9(14)10(8)18-12(19)7-2-1-3-17-11(7)16/h1-5H,(H2,16,17)(H,18,19). The second-order valence-corrected chi connectivity index (χ2v) is 4.90. The van der Waals surface area contributed by atoms with Crippen molar-refractivity contribution in [3.05, 3.63) is 51.3 Å². The molecule has 2 aromatic rings. The maximum atomic E-state index is 13.1. The van der Waals surface area contributed by atoms with Gasteiger partial charge in [-0.2, -0.15) is 0 Å². The molecule has 7 heteroatoms. The Hall–Kier alpha value is -1.66. The van der Waals surface area contributed by atoms with Gasteiger partial charge in [-0.1, -0.05) is 11.6 Å². The number of nitrogens with two attached hydrogens (primary N) is 1. The van der Waals surface area contributed by atoms with E-state index in [1.807, 2.05) is 0 Å². The predicted molar refractivity (Wildman–Crippen MR) is 75.7 cm³/mol. The average Bonchev–Trinajstić information content (AvgIpc) is 2.34. The van der Waals surface area contributed by atoms with Crippen LogP contribution in [0.3, 0.4) is 0 Å². The van der Waals surface area contributed by atoms with Crippen LogP contribution >= 0.6 is 27.5 Å². The van der Waals surface area contributed by atoms with Gasteiger partial charge in [0.25, 0.3) is 5.91 Å². The van der Waals surface area contributed by atoms with Gasteiger partial charge in [-0.25, -0.2) is 9.37 Å². The van der Waals surface area contributed by atoms with Crippen molar-refractivity contribution in [1.82, 2.24) is 4.98 Å². The molecule has 98 valence electrons. The van der Waals surface area contributed by atoms with E-state index in [-0.39, 0.29) is 22.1 Å². The molecule has 0 spiro atoms. The Labute approximate surface area is 121 Å². The van der Waals surface area contributed by atoms with Crippen LogP contribution in [-0.4, -0.2) is 10.9 Å². The van der Waals surface area contributed by atoms with Crippen LogP contribution in [0.15, 0.2) is 34.9 Å². The summed E-state index contributed by atoms with van der Waals surface area (Å²) < 4.78 is 13.4. The smallest absolute Gasteiger partial charge is 0.259 e. The molecule has 0 bridgehead atoms. The average molecular weight is 345 g/mol. The number of benzene rings is 1. The number of aromatic nitrogens is 1. The van der Waals surface area contributed by atoms with Crippen molar-refractivity contribution in [2.75, 3.05) is 11.1 Å². The SMILES string of the molecule is Nc1ncccc1C(=O)Nc1c(Cl)cc(F)cc1Br. The van der Waals surface area contributed by atoms with Crippen LogP contribution in [0.25, 0.3) is 0 Å². The van der Waals surface area contributed by atoms with Crippen LogP contribution in [0.1, 0.15) is 10.4 Å². The van der Waals surface area contributed by atoms with Crippen molar-refractivity contribution >= 4 is 44.9 Å². The van der Waals surface area contributed by atoms with Crippen LogP contribution in [0.5, 0.6) is 0 Å². The van der Waals surface area contributed by atoms with Gasteiger partial charge in [-0.05, 0) is 40.2 Å². The Bertz CT molecular complexity index is 628. The monoisotopic (exact) mass is 343 g/mol. The minimum atomic E-state index is -0.504. The first kappa shape index (κ1) is 13.8. The fraction of sp³-hybridized carbons (Fsp3) is 0. The van der Waals surface area contributed by atoms with E-state index in [9.17, 15) is 9.18 Å². The molecule has 19 heavy (non-hydrogen) atoms. The van der Waals surface area contributed by atoms with E-state index in [1.165, 1.54) is 18.3 Å². The molecule has 1 aromatic heterocycles. The highest BCUT2D eigenvalue weighted by molar-refractivity contribution is 9.10. The topological polar surface area (TPSA) is 68.0 Å². The Morgan fingerprint density at radius 2 is 2.21 bits per heavy atom. The fourth-order valence-corrected chi connectivity index (χ4v) is 2.35. The van der Waals surface area contributed by atoms with Crippen LogP contribution < -0.4 is 11.1 Å². The minimum Gasteiger partial charge on any atom is -0.383 e. The van der Waals surface area contributed by atoms with Gasteiger partial charge in [0.05, 0.1) is 16.3 Å². The van der Waals surface area contributed by atoms with Gasteiger partial charge >= 0.3 is 0 Å². The largest absolute Gasteiger partial charge is 0.383 e. The second kappa shape index (κ2) is 5.54. The number of carbonyl (C=O) groups is 1. The summed E-state index contributed by atoms with van der Waals surface area (Å²) in [5.41, 5.74) is 6.09. The van der Waals surface area contributed by atoms with Crippen molar-refractivity contribution in [3.63, 3.8) is 0 Å². The molecule has 0 aliphatic carbocycles. The lowest BCUT2D eigenvalue weighted by atomic mass is 10.2. The van der Waals surface area contributed by atoms with E-state index in [1.54, 1.807) is 6.07 Å². The highest BCUT2D eigenvalue weighted by atomic mass is 79.9. The molecule has 0 atom stereocenters. The molecular formula is C12H8BrClFN3O. The van der Waals surface area contributed by atoms with Gasteiger partial charge in [0.1, 0.15) is 11.6 Å². The summed E-state index contributed by atoms with van der Waals surface area (Å²) in [6.07, 6.45) is 1.48.